The van der Waals surface area contributed by atoms with Crippen LogP contribution in [0.5, 0.6) is 0 Å². The summed E-state index contributed by atoms with van der Waals surface area (Å²) in [5, 5.41) is 7.95. The van der Waals surface area contributed by atoms with Gasteiger partial charge in [0.05, 0.1) is 6.54 Å². The van der Waals surface area contributed by atoms with Crippen LogP contribution in [0.1, 0.15) is 16.3 Å². The van der Waals surface area contributed by atoms with Crippen molar-refractivity contribution < 1.29 is 0 Å². The molecule has 6 heteroatoms. The maximum Gasteiger partial charge on any atom is 0.191 e. The molecule has 0 radical (unpaired) electrons. The van der Waals surface area contributed by atoms with Crippen molar-refractivity contribution in [2.75, 3.05) is 25.0 Å². The van der Waals surface area contributed by atoms with E-state index in [1.165, 1.54) is 10.6 Å². The highest BCUT2D eigenvalue weighted by Gasteiger charge is 2.23. The van der Waals surface area contributed by atoms with Crippen LogP contribution in [0, 0.1) is 6.92 Å². The first kappa shape index (κ1) is 15.8. The van der Waals surface area contributed by atoms with Gasteiger partial charge in [0.1, 0.15) is 5.01 Å². The number of thiazole rings is 1. The van der Waals surface area contributed by atoms with Crippen molar-refractivity contribution in [2.45, 2.75) is 25.9 Å². The second-order valence-electron chi connectivity index (χ2n) is 5.70. The lowest BCUT2D eigenvalue weighted by Gasteiger charge is -2.20. The molecule has 0 saturated carbocycles. The fraction of sp³-hybridized carbons (Fsp3) is 0.412. The van der Waals surface area contributed by atoms with Gasteiger partial charge in [0.15, 0.2) is 5.96 Å². The van der Waals surface area contributed by atoms with Gasteiger partial charge in [-0.05, 0) is 25.5 Å². The minimum atomic E-state index is 0.416. The van der Waals surface area contributed by atoms with E-state index >= 15 is 0 Å². The highest BCUT2D eigenvalue weighted by Crippen LogP contribution is 2.19. The molecular formula is C17H23N5S. The van der Waals surface area contributed by atoms with Crippen molar-refractivity contribution in [3.05, 3.63) is 46.4 Å². The van der Waals surface area contributed by atoms with Crippen LogP contribution in [0.3, 0.4) is 0 Å². The van der Waals surface area contributed by atoms with Gasteiger partial charge < -0.3 is 15.5 Å². The number of hydrogen-bond donors (Lipinski definition) is 2. The molecule has 5 nitrogen and oxygen atoms in total. The second kappa shape index (κ2) is 7.46. The van der Waals surface area contributed by atoms with Crippen molar-refractivity contribution in [1.29, 1.82) is 0 Å². The predicted molar refractivity (Wildman–Crippen MR) is 97.2 cm³/mol. The smallest absolute Gasteiger partial charge is 0.191 e. The molecule has 23 heavy (non-hydrogen) atoms. The number of aryl methyl sites for hydroxylation is 1. The van der Waals surface area contributed by atoms with Crippen LogP contribution in [0.25, 0.3) is 0 Å². The largest absolute Gasteiger partial charge is 0.369 e. The summed E-state index contributed by atoms with van der Waals surface area (Å²) in [6, 6.07) is 11.0. The van der Waals surface area contributed by atoms with E-state index in [0.29, 0.717) is 12.6 Å². The molecule has 2 aromatic rings. The third kappa shape index (κ3) is 4.22. The summed E-state index contributed by atoms with van der Waals surface area (Å²) in [6.07, 6.45) is 3.03. The number of nitrogens with zero attached hydrogens (tertiary/aromatic N) is 3. The molecule has 1 fully saturated rings. The molecule has 1 atom stereocenters. The molecule has 0 spiro atoms. The monoisotopic (exact) mass is 329 g/mol. The molecule has 0 bridgehead atoms. The number of anilines is 1. The molecule has 3 rings (SSSR count). The summed E-state index contributed by atoms with van der Waals surface area (Å²) in [7, 11) is 1.81. The second-order valence-corrected chi connectivity index (χ2v) is 7.02. The average Bonchev–Trinajstić information content (AvgIpc) is 3.21. The molecule has 2 N–H and O–H groups in total. The van der Waals surface area contributed by atoms with Crippen molar-refractivity contribution in [3.8, 4) is 0 Å². The molecule has 122 valence electrons. The summed E-state index contributed by atoms with van der Waals surface area (Å²) in [4.78, 5) is 12.3. The van der Waals surface area contributed by atoms with E-state index in [1.54, 1.807) is 11.3 Å². The van der Waals surface area contributed by atoms with E-state index in [4.69, 9.17) is 0 Å². The number of aliphatic imine (C=N–C) groups is 1. The van der Waals surface area contributed by atoms with Gasteiger partial charge in [-0.25, -0.2) is 4.98 Å². The summed E-state index contributed by atoms with van der Waals surface area (Å²) in [6.45, 7) is 4.86. The van der Waals surface area contributed by atoms with Crippen LogP contribution in [-0.2, 0) is 6.54 Å². The third-order valence-corrected chi connectivity index (χ3v) is 4.86. The molecule has 1 aliphatic heterocycles. The van der Waals surface area contributed by atoms with Gasteiger partial charge in [0, 0.05) is 42.9 Å². The summed E-state index contributed by atoms with van der Waals surface area (Å²) < 4.78 is 0. The Labute approximate surface area is 141 Å². The van der Waals surface area contributed by atoms with Crippen LogP contribution in [0.4, 0.5) is 5.69 Å². The fourth-order valence-corrected chi connectivity index (χ4v) is 3.51. The Bertz CT molecular complexity index is 652. The number of para-hydroxylation sites is 1. The lowest BCUT2D eigenvalue weighted by molar-refractivity contribution is 0.648. The zero-order valence-electron chi connectivity index (χ0n) is 13.6. The lowest BCUT2D eigenvalue weighted by atomic mass is 10.3. The maximum absolute atomic E-state index is 4.37. The van der Waals surface area contributed by atoms with Crippen molar-refractivity contribution in [2.24, 2.45) is 4.99 Å². The van der Waals surface area contributed by atoms with E-state index in [1.807, 2.05) is 13.2 Å². The minimum absolute atomic E-state index is 0.416. The first-order chi connectivity index (χ1) is 11.2. The van der Waals surface area contributed by atoms with Crippen molar-refractivity contribution in [1.82, 2.24) is 15.6 Å². The predicted octanol–water partition coefficient (Wildman–Crippen LogP) is 2.40. The zero-order valence-corrected chi connectivity index (χ0v) is 14.4. The van der Waals surface area contributed by atoms with Gasteiger partial charge in [-0.15, -0.1) is 11.3 Å². The quantitative estimate of drug-likeness (QED) is 0.668. The Morgan fingerprint density at radius 2 is 2.22 bits per heavy atom. The number of rotatable bonds is 4. The van der Waals surface area contributed by atoms with E-state index < -0.39 is 0 Å². The maximum atomic E-state index is 4.37. The van der Waals surface area contributed by atoms with E-state index in [0.717, 1.165) is 30.5 Å². The van der Waals surface area contributed by atoms with E-state index in [2.05, 4.69) is 62.8 Å². The number of aromatic nitrogens is 1. The van der Waals surface area contributed by atoms with Crippen LogP contribution in [0.2, 0.25) is 0 Å². The van der Waals surface area contributed by atoms with Gasteiger partial charge in [-0.3, -0.25) is 4.99 Å². The average molecular weight is 329 g/mol. The van der Waals surface area contributed by atoms with Crippen LogP contribution in [-0.4, -0.2) is 37.1 Å². The van der Waals surface area contributed by atoms with Crippen molar-refractivity contribution >= 4 is 23.0 Å². The van der Waals surface area contributed by atoms with Gasteiger partial charge in [0.2, 0.25) is 0 Å². The van der Waals surface area contributed by atoms with Crippen LogP contribution >= 0.6 is 11.3 Å². The number of benzene rings is 1. The summed E-state index contributed by atoms with van der Waals surface area (Å²) >= 11 is 1.72. The van der Waals surface area contributed by atoms with Gasteiger partial charge in [-0.1, -0.05) is 18.2 Å². The summed E-state index contributed by atoms with van der Waals surface area (Å²) in [5.74, 6) is 0.845. The topological polar surface area (TPSA) is 52.6 Å². The van der Waals surface area contributed by atoms with Gasteiger partial charge >= 0.3 is 0 Å². The summed E-state index contributed by atoms with van der Waals surface area (Å²) in [5.41, 5.74) is 1.29. The highest BCUT2D eigenvalue weighted by atomic mass is 32.1. The lowest BCUT2D eigenvalue weighted by Crippen LogP contribution is -2.44. The van der Waals surface area contributed by atoms with Crippen molar-refractivity contribution in [3.63, 3.8) is 0 Å². The van der Waals surface area contributed by atoms with E-state index in [9.17, 15) is 0 Å². The molecule has 1 aromatic heterocycles. The van der Waals surface area contributed by atoms with Gasteiger partial charge in [-0.2, -0.15) is 0 Å². The molecule has 1 unspecified atom stereocenters. The highest BCUT2D eigenvalue weighted by molar-refractivity contribution is 7.11. The molecule has 0 amide bonds. The molecule has 1 aliphatic rings. The van der Waals surface area contributed by atoms with Gasteiger partial charge in [0.25, 0.3) is 0 Å². The van der Waals surface area contributed by atoms with E-state index in [-0.39, 0.29) is 0 Å². The zero-order chi connectivity index (χ0) is 16.1. The number of hydrogen-bond acceptors (Lipinski definition) is 4. The number of guanidine groups is 1. The third-order valence-electron chi connectivity index (χ3n) is 3.95. The Kier molecular flexibility index (Phi) is 5.12. The normalized spacial score (nSPS) is 18.3. The molecular weight excluding hydrogens is 306 g/mol. The Morgan fingerprint density at radius 3 is 2.91 bits per heavy atom. The molecule has 1 aromatic carbocycles. The fourth-order valence-electron chi connectivity index (χ4n) is 2.78. The Hall–Kier alpha value is -2.08. The first-order valence-corrected chi connectivity index (χ1v) is 8.75. The molecule has 0 aliphatic carbocycles. The van der Waals surface area contributed by atoms with Crippen LogP contribution < -0.4 is 15.5 Å². The Balaban J connectivity index is 1.50. The standard InChI is InChI=1S/C17H23N5S/c1-13-10-19-16(23-13)11-20-17(18-2)21-14-8-9-22(12-14)15-6-4-3-5-7-15/h3-7,10,14H,8-9,11-12H2,1-2H3,(H2,18,20,21). The molecule has 1 saturated heterocycles. The minimum Gasteiger partial charge on any atom is -0.369 e. The van der Waals surface area contributed by atoms with Crippen LogP contribution in [0.15, 0.2) is 41.5 Å². The Morgan fingerprint density at radius 1 is 1.39 bits per heavy atom. The SMILES string of the molecule is CN=C(NCc1ncc(C)s1)NC1CCN(c2ccccc2)C1. The first-order valence-electron chi connectivity index (χ1n) is 7.93. The number of nitrogens with one attached hydrogen (secondary N) is 2. The molecule has 2 heterocycles.